The molecule has 0 amide bonds. The van der Waals surface area contributed by atoms with Crippen LogP contribution >= 0.6 is 0 Å². The second-order valence-electron chi connectivity index (χ2n) is 6.15. The van der Waals surface area contributed by atoms with Crippen LogP contribution in [-0.2, 0) is 4.79 Å². The van der Waals surface area contributed by atoms with Crippen LogP contribution in [-0.4, -0.2) is 23.7 Å². The van der Waals surface area contributed by atoms with E-state index >= 15 is 0 Å². The van der Waals surface area contributed by atoms with Crippen molar-refractivity contribution in [2.24, 2.45) is 10.2 Å². The molecule has 1 aliphatic heterocycles. The number of rotatable bonds is 4. The zero-order valence-corrected chi connectivity index (χ0v) is 13.9. The molecule has 5 nitrogen and oxygen atoms in total. The van der Waals surface area contributed by atoms with E-state index in [2.05, 4.69) is 10.2 Å². The molecule has 0 saturated carbocycles. The average Bonchev–Trinajstić information content (AvgIpc) is 3.05. The van der Waals surface area contributed by atoms with Gasteiger partial charge in [-0.3, -0.25) is 0 Å². The minimum atomic E-state index is -0.758. The highest BCUT2D eigenvalue weighted by Crippen LogP contribution is 2.29. The summed E-state index contributed by atoms with van der Waals surface area (Å²) in [6.45, 7) is 4.81. The van der Waals surface area contributed by atoms with Gasteiger partial charge >= 0.3 is 5.97 Å². The third kappa shape index (κ3) is 3.30. The van der Waals surface area contributed by atoms with Crippen molar-refractivity contribution >= 4 is 23.0 Å². The summed E-state index contributed by atoms with van der Waals surface area (Å²) in [6, 6.07) is 13.2. The molecule has 1 atom stereocenters. The normalized spacial score (nSPS) is 17.6. The molecular formula is C19H21N3O2. The Kier molecular flexibility index (Phi) is 4.60. The summed E-state index contributed by atoms with van der Waals surface area (Å²) < 4.78 is 0. The van der Waals surface area contributed by atoms with Crippen molar-refractivity contribution < 1.29 is 9.90 Å². The van der Waals surface area contributed by atoms with E-state index in [1.54, 1.807) is 0 Å². The third-order valence-corrected chi connectivity index (χ3v) is 4.42. The molecular weight excluding hydrogens is 302 g/mol. The monoisotopic (exact) mass is 323 g/mol. The van der Waals surface area contributed by atoms with Crippen LogP contribution in [0, 0.1) is 13.8 Å². The van der Waals surface area contributed by atoms with Crippen molar-refractivity contribution in [2.45, 2.75) is 32.7 Å². The third-order valence-electron chi connectivity index (χ3n) is 4.42. The summed E-state index contributed by atoms with van der Waals surface area (Å²) in [4.78, 5) is 13.2. The second kappa shape index (κ2) is 6.83. The summed E-state index contributed by atoms with van der Waals surface area (Å²) in [6.07, 6.45) is 1.61. The molecule has 24 heavy (non-hydrogen) atoms. The number of carboxylic acids is 1. The molecule has 124 valence electrons. The fourth-order valence-electron chi connectivity index (χ4n) is 3.11. The number of aryl methyl sites for hydroxylation is 2. The molecule has 0 aromatic heterocycles. The lowest BCUT2D eigenvalue weighted by atomic mass is 10.1. The molecule has 5 heteroatoms. The van der Waals surface area contributed by atoms with Crippen molar-refractivity contribution in [1.29, 1.82) is 0 Å². The van der Waals surface area contributed by atoms with E-state index < -0.39 is 12.0 Å². The first-order valence-corrected chi connectivity index (χ1v) is 8.14. The predicted octanol–water partition coefficient (Wildman–Crippen LogP) is 4.77. The highest BCUT2D eigenvalue weighted by atomic mass is 16.4. The Bertz CT molecular complexity index is 748. The average molecular weight is 323 g/mol. The molecule has 0 spiro atoms. The molecule has 1 unspecified atom stereocenters. The molecule has 1 aliphatic rings. The van der Waals surface area contributed by atoms with E-state index in [0.29, 0.717) is 6.42 Å². The fraction of sp³-hybridized carbons (Fsp3) is 0.316. The molecule has 1 N–H and O–H groups in total. The Morgan fingerprint density at radius 2 is 1.75 bits per heavy atom. The van der Waals surface area contributed by atoms with Crippen LogP contribution in [0.5, 0.6) is 0 Å². The van der Waals surface area contributed by atoms with Crippen LogP contribution in [0.2, 0.25) is 0 Å². The maximum atomic E-state index is 11.3. The summed E-state index contributed by atoms with van der Waals surface area (Å²) in [5, 5.41) is 18.0. The maximum absolute atomic E-state index is 11.3. The van der Waals surface area contributed by atoms with Crippen LogP contribution in [0.25, 0.3) is 0 Å². The lowest BCUT2D eigenvalue weighted by molar-refractivity contribution is -0.138. The first kappa shape index (κ1) is 16.2. The van der Waals surface area contributed by atoms with E-state index in [9.17, 15) is 9.90 Å². The molecule has 0 aliphatic carbocycles. The molecule has 0 bridgehead atoms. The maximum Gasteiger partial charge on any atom is 0.326 e. The Labute approximate surface area is 141 Å². The number of carboxylic acid groups (broad SMARTS) is 1. The number of anilines is 1. The van der Waals surface area contributed by atoms with Crippen LogP contribution in [0.15, 0.2) is 52.7 Å². The number of aliphatic carboxylic acids is 1. The highest BCUT2D eigenvalue weighted by molar-refractivity contribution is 5.79. The van der Waals surface area contributed by atoms with Crippen molar-refractivity contribution in [3.63, 3.8) is 0 Å². The Morgan fingerprint density at radius 1 is 1.08 bits per heavy atom. The Morgan fingerprint density at radius 3 is 2.38 bits per heavy atom. The van der Waals surface area contributed by atoms with Gasteiger partial charge in [-0.2, -0.15) is 10.2 Å². The van der Waals surface area contributed by atoms with Gasteiger partial charge in [0.15, 0.2) is 0 Å². The highest BCUT2D eigenvalue weighted by Gasteiger charge is 2.30. The van der Waals surface area contributed by atoms with Gasteiger partial charge in [-0.1, -0.05) is 18.2 Å². The minimum absolute atomic E-state index is 0.424. The van der Waals surface area contributed by atoms with Crippen LogP contribution < -0.4 is 4.90 Å². The summed E-state index contributed by atoms with van der Waals surface area (Å²) in [7, 11) is 0. The SMILES string of the molecule is Cc1cccc(C)c1N=Nc1ccc(N2CCCC2C(=O)O)cc1. The fourth-order valence-corrected chi connectivity index (χ4v) is 3.11. The second-order valence-corrected chi connectivity index (χ2v) is 6.15. The molecule has 0 radical (unpaired) electrons. The van der Waals surface area contributed by atoms with Gasteiger partial charge in [-0.25, -0.2) is 4.79 Å². The van der Waals surface area contributed by atoms with Crippen molar-refractivity contribution in [3.05, 3.63) is 53.6 Å². The number of carbonyl (C=O) groups is 1. The number of hydrogen-bond donors (Lipinski definition) is 1. The van der Waals surface area contributed by atoms with Crippen LogP contribution in [0.4, 0.5) is 17.1 Å². The van der Waals surface area contributed by atoms with Gasteiger partial charge in [0.2, 0.25) is 0 Å². The zero-order chi connectivity index (χ0) is 17.1. The lowest BCUT2D eigenvalue weighted by Crippen LogP contribution is -2.35. The van der Waals surface area contributed by atoms with Gasteiger partial charge in [0.1, 0.15) is 6.04 Å². The Hall–Kier alpha value is -2.69. The molecule has 1 heterocycles. The van der Waals surface area contributed by atoms with Crippen molar-refractivity contribution in [2.75, 3.05) is 11.4 Å². The number of nitrogens with zero attached hydrogens (tertiary/aromatic N) is 3. The van der Waals surface area contributed by atoms with Crippen LogP contribution in [0.3, 0.4) is 0 Å². The molecule has 2 aromatic carbocycles. The summed E-state index contributed by atoms with van der Waals surface area (Å²) in [5.41, 5.74) is 4.76. The largest absolute Gasteiger partial charge is 0.480 e. The van der Waals surface area contributed by atoms with E-state index in [4.69, 9.17) is 0 Å². The van der Waals surface area contributed by atoms with Crippen molar-refractivity contribution in [3.8, 4) is 0 Å². The van der Waals surface area contributed by atoms with E-state index in [0.717, 1.165) is 41.2 Å². The molecule has 1 saturated heterocycles. The summed E-state index contributed by atoms with van der Waals surface area (Å²) >= 11 is 0. The van der Waals surface area contributed by atoms with Gasteiger partial charge in [0.25, 0.3) is 0 Å². The topological polar surface area (TPSA) is 65.3 Å². The zero-order valence-electron chi connectivity index (χ0n) is 13.9. The standard InChI is InChI=1S/C19H21N3O2/c1-13-5-3-6-14(2)18(13)21-20-15-8-10-16(11-9-15)22-12-4-7-17(22)19(23)24/h3,5-6,8-11,17H,4,7,12H2,1-2H3,(H,23,24). The molecule has 2 aromatic rings. The number of hydrogen-bond acceptors (Lipinski definition) is 4. The van der Waals surface area contributed by atoms with E-state index in [1.807, 2.05) is 61.2 Å². The Balaban J connectivity index is 1.78. The van der Waals surface area contributed by atoms with Gasteiger partial charge in [-0.05, 0) is 62.1 Å². The van der Waals surface area contributed by atoms with E-state index in [1.165, 1.54) is 0 Å². The van der Waals surface area contributed by atoms with Gasteiger partial charge < -0.3 is 10.0 Å². The quantitative estimate of drug-likeness (QED) is 0.824. The summed E-state index contributed by atoms with van der Waals surface area (Å²) in [5.74, 6) is -0.758. The van der Waals surface area contributed by atoms with Gasteiger partial charge in [-0.15, -0.1) is 0 Å². The molecule has 3 rings (SSSR count). The lowest BCUT2D eigenvalue weighted by Gasteiger charge is -2.23. The smallest absolute Gasteiger partial charge is 0.326 e. The first-order valence-electron chi connectivity index (χ1n) is 8.14. The van der Waals surface area contributed by atoms with Gasteiger partial charge in [0.05, 0.1) is 11.4 Å². The number of benzene rings is 2. The molecule has 1 fully saturated rings. The first-order chi connectivity index (χ1) is 11.6. The van der Waals surface area contributed by atoms with Crippen molar-refractivity contribution in [1.82, 2.24) is 0 Å². The van der Waals surface area contributed by atoms with E-state index in [-0.39, 0.29) is 0 Å². The minimum Gasteiger partial charge on any atom is -0.480 e. The number of azo groups is 1. The predicted molar refractivity (Wildman–Crippen MR) is 94.5 cm³/mol. The van der Waals surface area contributed by atoms with Gasteiger partial charge in [0, 0.05) is 12.2 Å². The van der Waals surface area contributed by atoms with Crippen LogP contribution in [0.1, 0.15) is 24.0 Å².